The van der Waals surface area contributed by atoms with Crippen LogP contribution >= 0.6 is 0 Å². The molecule has 6 heteroatoms. The minimum absolute atomic E-state index is 0.0659. The lowest BCUT2D eigenvalue weighted by Gasteiger charge is -2.22. The maximum atomic E-state index is 13.0. The molecule has 0 aliphatic carbocycles. The Morgan fingerprint density at radius 1 is 1.03 bits per heavy atom. The van der Waals surface area contributed by atoms with Gasteiger partial charge in [-0.05, 0) is 31.4 Å². The Bertz CT molecular complexity index is 911. The van der Waals surface area contributed by atoms with Crippen LogP contribution < -0.4 is 5.32 Å². The van der Waals surface area contributed by atoms with Crippen molar-refractivity contribution in [2.24, 2.45) is 0 Å². The van der Waals surface area contributed by atoms with Crippen LogP contribution in [0.25, 0.3) is 5.69 Å². The van der Waals surface area contributed by atoms with E-state index in [2.05, 4.69) is 39.9 Å². The molecule has 1 aromatic carbocycles. The third-order valence-electron chi connectivity index (χ3n) is 5.80. The van der Waals surface area contributed by atoms with E-state index in [4.69, 9.17) is 5.10 Å². The molecule has 2 aromatic rings. The average molecular weight is 455 g/mol. The Morgan fingerprint density at radius 2 is 1.73 bits per heavy atom. The Hall–Kier alpha value is -2.63. The van der Waals surface area contributed by atoms with Gasteiger partial charge in [-0.1, -0.05) is 78.5 Å². The Kier molecular flexibility index (Phi) is 10.1. The van der Waals surface area contributed by atoms with Gasteiger partial charge in [-0.3, -0.25) is 9.59 Å². The molecule has 0 atom stereocenters. The Morgan fingerprint density at radius 3 is 2.36 bits per heavy atom. The van der Waals surface area contributed by atoms with Gasteiger partial charge in [-0.2, -0.15) is 5.10 Å². The van der Waals surface area contributed by atoms with Gasteiger partial charge in [0, 0.05) is 24.4 Å². The topological polar surface area (TPSA) is 67.2 Å². The summed E-state index contributed by atoms with van der Waals surface area (Å²) in [5.74, 6) is 0.505. The summed E-state index contributed by atoms with van der Waals surface area (Å²) in [7, 11) is 0. The molecule has 1 heterocycles. The summed E-state index contributed by atoms with van der Waals surface area (Å²) in [6.45, 7) is 13.3. The molecule has 2 amide bonds. The van der Waals surface area contributed by atoms with Gasteiger partial charge in [0.05, 0.1) is 17.9 Å². The van der Waals surface area contributed by atoms with E-state index in [1.165, 1.54) is 0 Å². The normalized spacial score (nSPS) is 11.5. The summed E-state index contributed by atoms with van der Waals surface area (Å²) in [5, 5.41) is 7.84. The quantitative estimate of drug-likeness (QED) is 0.399. The van der Waals surface area contributed by atoms with Crippen molar-refractivity contribution in [3.05, 3.63) is 41.6 Å². The van der Waals surface area contributed by atoms with E-state index >= 15 is 0 Å². The predicted octanol–water partition coefficient (Wildman–Crippen LogP) is 6.02. The number of amides is 2. The van der Waals surface area contributed by atoms with E-state index < -0.39 is 0 Å². The van der Waals surface area contributed by atoms with Crippen LogP contribution in [0.4, 0.5) is 5.82 Å². The van der Waals surface area contributed by atoms with Crippen molar-refractivity contribution >= 4 is 17.6 Å². The van der Waals surface area contributed by atoms with Crippen LogP contribution in [0.5, 0.6) is 0 Å². The van der Waals surface area contributed by atoms with Crippen molar-refractivity contribution in [1.29, 1.82) is 0 Å². The van der Waals surface area contributed by atoms with Crippen LogP contribution in [0.3, 0.4) is 0 Å². The summed E-state index contributed by atoms with van der Waals surface area (Å²) >= 11 is 0. The molecule has 0 saturated heterocycles. The molecular weight excluding hydrogens is 412 g/mol. The molecule has 2 rings (SSSR count). The number of carbonyl (C=O) groups excluding carboxylic acids is 2. The number of hydrogen-bond donors (Lipinski definition) is 1. The zero-order valence-corrected chi connectivity index (χ0v) is 21.4. The SMILES string of the molecule is CCCCCCC(=O)N(CCCC)CC(=O)Nc1cc(C(C)(C)C)nn1-c1ccccc1C. The van der Waals surface area contributed by atoms with Crippen molar-refractivity contribution in [2.45, 2.75) is 91.9 Å². The molecule has 0 bridgehead atoms. The fourth-order valence-electron chi connectivity index (χ4n) is 3.68. The summed E-state index contributed by atoms with van der Waals surface area (Å²) < 4.78 is 1.80. The molecule has 0 aliphatic heterocycles. The minimum atomic E-state index is -0.191. The number of rotatable bonds is 12. The van der Waals surface area contributed by atoms with Crippen molar-refractivity contribution in [1.82, 2.24) is 14.7 Å². The first-order valence-electron chi connectivity index (χ1n) is 12.4. The zero-order valence-electron chi connectivity index (χ0n) is 21.4. The molecule has 0 fully saturated rings. The van der Waals surface area contributed by atoms with E-state index in [1.807, 2.05) is 37.3 Å². The summed E-state index contributed by atoms with van der Waals surface area (Å²) in [6, 6.07) is 9.92. The monoisotopic (exact) mass is 454 g/mol. The zero-order chi connectivity index (χ0) is 24.4. The number of nitrogens with one attached hydrogen (secondary N) is 1. The highest BCUT2D eigenvalue weighted by Gasteiger charge is 2.23. The molecular formula is C27H42N4O2. The largest absolute Gasteiger partial charge is 0.333 e. The second-order valence-electron chi connectivity index (χ2n) is 9.89. The fourth-order valence-corrected chi connectivity index (χ4v) is 3.68. The van der Waals surface area contributed by atoms with Crippen LogP contribution in [0, 0.1) is 6.92 Å². The first kappa shape index (κ1) is 26.6. The minimum Gasteiger partial charge on any atom is -0.333 e. The molecule has 0 saturated carbocycles. The van der Waals surface area contributed by atoms with Gasteiger partial charge in [0.25, 0.3) is 0 Å². The van der Waals surface area contributed by atoms with Gasteiger partial charge in [0.15, 0.2) is 0 Å². The molecule has 33 heavy (non-hydrogen) atoms. The summed E-state index contributed by atoms with van der Waals surface area (Å²) in [4.78, 5) is 27.6. The van der Waals surface area contributed by atoms with Gasteiger partial charge in [0.2, 0.25) is 11.8 Å². The number of nitrogens with zero attached hydrogens (tertiary/aromatic N) is 3. The van der Waals surface area contributed by atoms with Crippen molar-refractivity contribution < 1.29 is 9.59 Å². The standard InChI is InChI=1S/C27H42N4O2/c1-7-9-11-12-17-26(33)30(18-10-8-2)20-25(32)28-24-19-23(27(4,5)6)29-31(24)22-16-14-13-15-21(22)3/h13-16,19H,7-12,17-18,20H2,1-6H3,(H,28,32). The van der Waals surface area contributed by atoms with E-state index in [0.717, 1.165) is 55.5 Å². The second-order valence-corrected chi connectivity index (χ2v) is 9.89. The number of hydrogen-bond acceptors (Lipinski definition) is 3. The smallest absolute Gasteiger partial charge is 0.245 e. The highest BCUT2D eigenvalue weighted by atomic mass is 16.2. The molecule has 0 radical (unpaired) electrons. The number of aromatic nitrogens is 2. The molecule has 182 valence electrons. The maximum Gasteiger partial charge on any atom is 0.245 e. The number of para-hydroxylation sites is 1. The van der Waals surface area contributed by atoms with Crippen LogP contribution in [0.15, 0.2) is 30.3 Å². The maximum absolute atomic E-state index is 13.0. The number of aryl methyl sites for hydroxylation is 1. The van der Waals surface area contributed by atoms with Crippen LogP contribution in [0.2, 0.25) is 0 Å². The number of benzene rings is 1. The van der Waals surface area contributed by atoms with Crippen LogP contribution in [-0.4, -0.2) is 39.6 Å². The number of carbonyl (C=O) groups is 2. The van der Waals surface area contributed by atoms with Gasteiger partial charge in [-0.25, -0.2) is 4.68 Å². The first-order chi connectivity index (χ1) is 15.7. The van der Waals surface area contributed by atoms with Crippen LogP contribution in [-0.2, 0) is 15.0 Å². The summed E-state index contributed by atoms with van der Waals surface area (Å²) in [5.41, 5.74) is 2.74. The van der Waals surface area contributed by atoms with Gasteiger partial charge >= 0.3 is 0 Å². The second kappa shape index (κ2) is 12.6. The van der Waals surface area contributed by atoms with Crippen molar-refractivity contribution in [3.63, 3.8) is 0 Å². The van der Waals surface area contributed by atoms with Crippen molar-refractivity contribution in [2.75, 3.05) is 18.4 Å². The van der Waals surface area contributed by atoms with E-state index in [0.29, 0.717) is 18.8 Å². The summed E-state index contributed by atoms with van der Waals surface area (Å²) in [6.07, 6.45) is 6.60. The van der Waals surface area contributed by atoms with Gasteiger partial charge in [0.1, 0.15) is 5.82 Å². The molecule has 1 N–H and O–H groups in total. The molecule has 0 spiro atoms. The fraction of sp³-hybridized carbons (Fsp3) is 0.593. The molecule has 6 nitrogen and oxygen atoms in total. The molecule has 0 unspecified atom stereocenters. The number of unbranched alkanes of at least 4 members (excludes halogenated alkanes) is 4. The lowest BCUT2D eigenvalue weighted by atomic mass is 9.92. The Labute approximate surface area is 199 Å². The highest BCUT2D eigenvalue weighted by molar-refractivity contribution is 5.94. The average Bonchev–Trinajstić information content (AvgIpc) is 3.18. The molecule has 0 aliphatic rings. The lowest BCUT2D eigenvalue weighted by Crippen LogP contribution is -2.38. The Balaban J connectivity index is 2.20. The van der Waals surface area contributed by atoms with E-state index in [-0.39, 0.29) is 23.8 Å². The van der Waals surface area contributed by atoms with Crippen molar-refractivity contribution in [3.8, 4) is 5.69 Å². The highest BCUT2D eigenvalue weighted by Crippen LogP contribution is 2.27. The third-order valence-corrected chi connectivity index (χ3v) is 5.80. The van der Waals surface area contributed by atoms with Gasteiger partial charge < -0.3 is 10.2 Å². The third kappa shape index (κ3) is 8.02. The lowest BCUT2D eigenvalue weighted by molar-refractivity contribution is -0.134. The van der Waals surface area contributed by atoms with Crippen LogP contribution in [0.1, 0.15) is 90.8 Å². The predicted molar refractivity (Wildman–Crippen MR) is 136 cm³/mol. The first-order valence-corrected chi connectivity index (χ1v) is 12.4. The number of anilines is 1. The molecule has 1 aromatic heterocycles. The van der Waals surface area contributed by atoms with E-state index in [1.54, 1.807) is 9.58 Å². The van der Waals surface area contributed by atoms with Gasteiger partial charge in [-0.15, -0.1) is 0 Å². The van der Waals surface area contributed by atoms with E-state index in [9.17, 15) is 9.59 Å².